The van der Waals surface area contributed by atoms with Gasteiger partial charge in [0.25, 0.3) is 5.91 Å². The van der Waals surface area contributed by atoms with Crippen molar-refractivity contribution < 1.29 is 28.5 Å². The van der Waals surface area contributed by atoms with Gasteiger partial charge in [-0.3, -0.25) is 14.5 Å². The zero-order chi connectivity index (χ0) is 24.5. The van der Waals surface area contributed by atoms with E-state index in [-0.39, 0.29) is 41.7 Å². The van der Waals surface area contributed by atoms with Crippen LogP contribution in [0.1, 0.15) is 44.7 Å². The molecule has 4 unspecified atom stereocenters. The van der Waals surface area contributed by atoms with Crippen LogP contribution in [0.2, 0.25) is 0 Å². The van der Waals surface area contributed by atoms with Crippen molar-refractivity contribution in [2.75, 3.05) is 46.5 Å². The van der Waals surface area contributed by atoms with Gasteiger partial charge in [0.2, 0.25) is 0 Å². The van der Waals surface area contributed by atoms with Crippen molar-refractivity contribution in [1.29, 1.82) is 0 Å². The Bertz CT molecular complexity index is 968. The number of morpholine rings is 1. The molecular weight excluding hydrogens is 448 g/mol. The fourth-order valence-corrected chi connectivity index (χ4v) is 5.74. The minimum atomic E-state index is -0.444. The highest BCUT2D eigenvalue weighted by molar-refractivity contribution is 6.11. The summed E-state index contributed by atoms with van der Waals surface area (Å²) in [5.41, 5.74) is 1.43. The monoisotopic (exact) mass is 484 g/mol. The van der Waals surface area contributed by atoms with Gasteiger partial charge in [0.1, 0.15) is 11.9 Å². The van der Waals surface area contributed by atoms with Crippen LogP contribution in [0.15, 0.2) is 35.6 Å². The lowest BCUT2D eigenvalue weighted by Gasteiger charge is -2.38. The van der Waals surface area contributed by atoms with Crippen molar-refractivity contribution in [2.45, 2.75) is 57.5 Å². The minimum Gasteiger partial charge on any atom is -0.491 e. The third-order valence-electron chi connectivity index (χ3n) is 7.56. The normalized spacial score (nSPS) is 29.3. The maximum Gasteiger partial charge on any atom is 0.290 e. The van der Waals surface area contributed by atoms with E-state index in [1.165, 1.54) is 0 Å². The molecule has 1 saturated heterocycles. The van der Waals surface area contributed by atoms with Crippen LogP contribution in [0.4, 0.5) is 0 Å². The summed E-state index contributed by atoms with van der Waals surface area (Å²) in [6.45, 7) is 8.32. The van der Waals surface area contributed by atoms with E-state index in [4.69, 9.17) is 18.9 Å². The van der Waals surface area contributed by atoms with Crippen molar-refractivity contribution in [1.82, 2.24) is 9.80 Å². The number of carbonyl (C=O) groups excluding carboxylic acids is 2. The summed E-state index contributed by atoms with van der Waals surface area (Å²) in [4.78, 5) is 31.6. The molecule has 1 aromatic carbocycles. The van der Waals surface area contributed by atoms with Gasteiger partial charge < -0.3 is 23.8 Å². The number of Topliss-reactive ketones (excluding diaryl/α,β-unsaturated/α-hetero) is 1. The molecule has 8 nitrogen and oxygen atoms in total. The third-order valence-corrected chi connectivity index (χ3v) is 7.56. The lowest BCUT2D eigenvalue weighted by Crippen LogP contribution is -2.43. The summed E-state index contributed by atoms with van der Waals surface area (Å²) in [7, 11) is 1.69. The second-order valence-corrected chi connectivity index (χ2v) is 10.1. The van der Waals surface area contributed by atoms with E-state index < -0.39 is 6.04 Å². The van der Waals surface area contributed by atoms with Crippen LogP contribution >= 0.6 is 0 Å². The summed E-state index contributed by atoms with van der Waals surface area (Å²) >= 11 is 0. The number of hydrogen-bond donors (Lipinski definition) is 0. The molecule has 3 heterocycles. The number of hydrogen-bond acceptors (Lipinski definition) is 7. The Balaban J connectivity index is 1.44. The van der Waals surface area contributed by atoms with E-state index in [2.05, 4.69) is 4.90 Å². The van der Waals surface area contributed by atoms with Gasteiger partial charge in [0, 0.05) is 39.7 Å². The second-order valence-electron chi connectivity index (χ2n) is 10.1. The third kappa shape index (κ3) is 4.84. The van der Waals surface area contributed by atoms with Gasteiger partial charge in [-0.2, -0.15) is 0 Å². The van der Waals surface area contributed by atoms with Gasteiger partial charge in [-0.05, 0) is 44.4 Å². The van der Waals surface area contributed by atoms with Crippen molar-refractivity contribution in [2.24, 2.45) is 5.92 Å². The predicted octanol–water partition coefficient (Wildman–Crippen LogP) is 2.73. The van der Waals surface area contributed by atoms with Crippen LogP contribution in [-0.2, 0) is 23.8 Å². The molecule has 0 radical (unpaired) electrons. The van der Waals surface area contributed by atoms with Crippen LogP contribution in [0, 0.1) is 5.92 Å². The molecule has 4 atom stereocenters. The fraction of sp³-hybridized carbons (Fsp3) is 0.630. The SMILES string of the molecule is COC1CCC2C(=O)C3=C(OC2C1)C(=O)N(CCN1CCOCC1)C3c1ccc(OC(C)C)cc1. The Morgan fingerprint density at radius 1 is 1.06 bits per heavy atom. The van der Waals surface area contributed by atoms with Gasteiger partial charge in [0.05, 0.1) is 43.0 Å². The molecule has 2 fully saturated rings. The molecule has 1 aromatic rings. The molecule has 1 amide bonds. The zero-order valence-corrected chi connectivity index (χ0v) is 20.9. The molecule has 190 valence electrons. The van der Waals surface area contributed by atoms with E-state index in [0.29, 0.717) is 38.2 Å². The Labute approximate surface area is 207 Å². The molecule has 0 spiro atoms. The van der Waals surface area contributed by atoms with Crippen LogP contribution in [0.5, 0.6) is 5.75 Å². The van der Waals surface area contributed by atoms with E-state index >= 15 is 0 Å². The van der Waals surface area contributed by atoms with Crippen LogP contribution in [-0.4, -0.2) is 86.3 Å². The van der Waals surface area contributed by atoms with E-state index in [0.717, 1.165) is 37.4 Å². The number of ether oxygens (including phenoxy) is 4. The number of carbonyl (C=O) groups is 2. The molecule has 1 saturated carbocycles. The predicted molar refractivity (Wildman–Crippen MR) is 129 cm³/mol. The average molecular weight is 485 g/mol. The maximum atomic E-state index is 13.8. The van der Waals surface area contributed by atoms with Gasteiger partial charge in [-0.1, -0.05) is 12.1 Å². The standard InChI is InChI=1S/C27H36N2O6/c1-17(2)34-19-6-4-18(5-7-19)24-23-25(30)21-9-8-20(32-3)16-22(21)35-26(23)27(31)29(24)11-10-28-12-14-33-15-13-28/h4-7,17,20-22,24H,8-16H2,1-3H3. The molecule has 35 heavy (non-hydrogen) atoms. The highest BCUT2D eigenvalue weighted by atomic mass is 16.5. The molecular formula is C27H36N2O6. The Kier molecular flexibility index (Phi) is 7.14. The minimum absolute atomic E-state index is 0.0560. The number of fused-ring (bicyclic) bond motifs is 1. The maximum absolute atomic E-state index is 13.8. The number of amides is 1. The van der Waals surface area contributed by atoms with Crippen LogP contribution in [0.3, 0.4) is 0 Å². The molecule has 5 rings (SSSR count). The first kappa shape index (κ1) is 24.3. The fourth-order valence-electron chi connectivity index (χ4n) is 5.74. The first-order valence-corrected chi connectivity index (χ1v) is 12.8. The van der Waals surface area contributed by atoms with E-state index in [9.17, 15) is 9.59 Å². The number of ketones is 1. The van der Waals surface area contributed by atoms with E-state index in [1.54, 1.807) is 7.11 Å². The molecule has 4 aliphatic rings. The Hall–Kier alpha value is -2.42. The summed E-state index contributed by atoms with van der Waals surface area (Å²) < 4.78 is 23.1. The lowest BCUT2D eigenvalue weighted by atomic mass is 9.76. The molecule has 0 N–H and O–H groups in total. The zero-order valence-electron chi connectivity index (χ0n) is 20.9. The van der Waals surface area contributed by atoms with Crippen molar-refractivity contribution >= 4 is 11.7 Å². The van der Waals surface area contributed by atoms with Gasteiger partial charge >= 0.3 is 0 Å². The number of nitrogens with zero attached hydrogens (tertiary/aromatic N) is 2. The van der Waals surface area contributed by atoms with Crippen molar-refractivity contribution in [3.05, 3.63) is 41.2 Å². The summed E-state index contributed by atoms with van der Waals surface area (Å²) in [6, 6.07) is 7.32. The van der Waals surface area contributed by atoms with Crippen LogP contribution < -0.4 is 4.74 Å². The molecule has 0 bridgehead atoms. The molecule has 8 heteroatoms. The number of rotatable bonds is 7. The van der Waals surface area contributed by atoms with Gasteiger partial charge in [0.15, 0.2) is 11.5 Å². The highest BCUT2D eigenvalue weighted by Crippen LogP contribution is 2.47. The first-order chi connectivity index (χ1) is 17.0. The highest BCUT2D eigenvalue weighted by Gasteiger charge is 2.52. The van der Waals surface area contributed by atoms with Gasteiger partial charge in [-0.25, -0.2) is 0 Å². The molecule has 3 aliphatic heterocycles. The topological polar surface area (TPSA) is 77.5 Å². The Morgan fingerprint density at radius 2 is 1.80 bits per heavy atom. The number of methoxy groups -OCH3 is 1. The van der Waals surface area contributed by atoms with E-state index in [1.807, 2.05) is 43.0 Å². The number of benzene rings is 1. The van der Waals surface area contributed by atoms with Crippen molar-refractivity contribution in [3.8, 4) is 5.75 Å². The summed E-state index contributed by atoms with van der Waals surface area (Å²) in [5, 5.41) is 0. The van der Waals surface area contributed by atoms with Crippen molar-refractivity contribution in [3.63, 3.8) is 0 Å². The lowest BCUT2D eigenvalue weighted by molar-refractivity contribution is -0.138. The molecule has 0 aromatic heterocycles. The molecule has 1 aliphatic carbocycles. The Morgan fingerprint density at radius 3 is 2.49 bits per heavy atom. The summed E-state index contributed by atoms with van der Waals surface area (Å²) in [5.74, 6) is 0.652. The summed E-state index contributed by atoms with van der Waals surface area (Å²) in [6.07, 6.45) is 2.01. The quantitative estimate of drug-likeness (QED) is 0.589. The average Bonchev–Trinajstić information content (AvgIpc) is 3.15. The largest absolute Gasteiger partial charge is 0.491 e. The van der Waals surface area contributed by atoms with Crippen LogP contribution in [0.25, 0.3) is 0 Å². The first-order valence-electron chi connectivity index (χ1n) is 12.8. The van der Waals surface area contributed by atoms with Gasteiger partial charge in [-0.15, -0.1) is 0 Å². The second kappa shape index (κ2) is 10.3. The smallest absolute Gasteiger partial charge is 0.290 e.